The molecule has 0 atom stereocenters. The zero-order valence-electron chi connectivity index (χ0n) is 15.2. The number of aromatic nitrogens is 3. The predicted molar refractivity (Wildman–Crippen MR) is 101 cm³/mol. The van der Waals surface area contributed by atoms with Gasteiger partial charge >= 0.3 is 0 Å². The number of amides is 1. The minimum absolute atomic E-state index is 0.000627. The van der Waals surface area contributed by atoms with Gasteiger partial charge < -0.3 is 14.8 Å². The molecule has 1 aliphatic carbocycles. The number of rotatable bonds is 5. The second-order valence-electron chi connectivity index (χ2n) is 7.16. The first-order valence-corrected chi connectivity index (χ1v) is 9.34. The van der Waals surface area contributed by atoms with Gasteiger partial charge in [0.15, 0.2) is 0 Å². The highest BCUT2D eigenvalue weighted by molar-refractivity contribution is 5.83. The summed E-state index contributed by atoms with van der Waals surface area (Å²) in [6.45, 7) is 1.99. The number of carbonyl (C=O) groups is 1. The molecule has 1 aromatic carbocycles. The lowest BCUT2D eigenvalue weighted by Gasteiger charge is -2.10. The van der Waals surface area contributed by atoms with Gasteiger partial charge in [0.05, 0.1) is 5.56 Å². The summed E-state index contributed by atoms with van der Waals surface area (Å²) in [4.78, 5) is 31.5. The van der Waals surface area contributed by atoms with Crippen LogP contribution in [0.4, 0.5) is 0 Å². The molecule has 0 spiro atoms. The molecular formula is C20H22N4O3. The molecule has 0 bridgehead atoms. The summed E-state index contributed by atoms with van der Waals surface area (Å²) < 4.78 is 5.24. The number of hydrogen-bond acceptors (Lipinski definition) is 5. The van der Waals surface area contributed by atoms with Gasteiger partial charge in [0.1, 0.15) is 0 Å². The predicted octanol–water partition coefficient (Wildman–Crippen LogP) is 2.88. The van der Waals surface area contributed by atoms with Crippen LogP contribution in [0.1, 0.15) is 43.6 Å². The number of pyridine rings is 1. The first-order chi connectivity index (χ1) is 13.1. The molecule has 1 saturated carbocycles. The Bertz CT molecular complexity index is 1030. The Morgan fingerprint density at radius 2 is 2.11 bits per heavy atom. The van der Waals surface area contributed by atoms with E-state index in [0.29, 0.717) is 30.3 Å². The van der Waals surface area contributed by atoms with Crippen LogP contribution in [0.5, 0.6) is 0 Å². The molecule has 140 valence electrons. The van der Waals surface area contributed by atoms with E-state index in [0.717, 1.165) is 29.3 Å². The molecule has 7 nitrogen and oxygen atoms in total. The van der Waals surface area contributed by atoms with E-state index in [1.54, 1.807) is 6.07 Å². The summed E-state index contributed by atoms with van der Waals surface area (Å²) in [5, 5.41) is 7.87. The van der Waals surface area contributed by atoms with Gasteiger partial charge in [-0.05, 0) is 43.4 Å². The average molecular weight is 366 g/mol. The number of benzene rings is 1. The lowest BCUT2D eigenvalue weighted by atomic mass is 10.1. The smallest absolute Gasteiger partial charge is 0.259 e. The second kappa shape index (κ2) is 7.34. The van der Waals surface area contributed by atoms with Gasteiger partial charge in [-0.25, -0.2) is 0 Å². The van der Waals surface area contributed by atoms with E-state index in [4.69, 9.17) is 4.52 Å². The number of H-pyrrole nitrogens is 1. The number of fused-ring (bicyclic) bond motifs is 1. The van der Waals surface area contributed by atoms with Gasteiger partial charge in [0.2, 0.25) is 17.6 Å². The third-order valence-corrected chi connectivity index (χ3v) is 4.99. The molecule has 2 N–H and O–H groups in total. The Hall–Kier alpha value is -2.96. The van der Waals surface area contributed by atoms with Crippen LogP contribution >= 0.6 is 0 Å². The topological polar surface area (TPSA) is 101 Å². The van der Waals surface area contributed by atoms with Crippen LogP contribution in [0.3, 0.4) is 0 Å². The Balaban J connectivity index is 1.47. The van der Waals surface area contributed by atoms with Crippen molar-refractivity contribution in [2.75, 3.05) is 0 Å². The van der Waals surface area contributed by atoms with Crippen molar-refractivity contribution in [2.45, 2.75) is 51.5 Å². The van der Waals surface area contributed by atoms with Gasteiger partial charge in [-0.3, -0.25) is 9.59 Å². The van der Waals surface area contributed by atoms with Gasteiger partial charge in [-0.2, -0.15) is 4.98 Å². The fourth-order valence-electron chi connectivity index (χ4n) is 3.55. The van der Waals surface area contributed by atoms with E-state index in [9.17, 15) is 9.59 Å². The number of aromatic amines is 1. The van der Waals surface area contributed by atoms with Crippen molar-refractivity contribution < 1.29 is 9.32 Å². The van der Waals surface area contributed by atoms with Gasteiger partial charge in [-0.1, -0.05) is 29.6 Å². The zero-order chi connectivity index (χ0) is 18.8. The first-order valence-electron chi connectivity index (χ1n) is 9.34. The lowest BCUT2D eigenvalue weighted by molar-refractivity contribution is -0.121. The quantitative estimate of drug-likeness (QED) is 0.723. The highest BCUT2D eigenvalue weighted by Crippen LogP contribution is 2.19. The van der Waals surface area contributed by atoms with Crippen molar-refractivity contribution in [3.05, 3.63) is 46.1 Å². The Morgan fingerprint density at radius 1 is 1.30 bits per heavy atom. The zero-order valence-corrected chi connectivity index (χ0v) is 15.2. The van der Waals surface area contributed by atoms with E-state index in [2.05, 4.69) is 20.4 Å². The minimum Gasteiger partial charge on any atom is -0.353 e. The molecule has 0 unspecified atom stereocenters. The van der Waals surface area contributed by atoms with Crippen molar-refractivity contribution in [3.63, 3.8) is 0 Å². The van der Waals surface area contributed by atoms with Gasteiger partial charge in [-0.15, -0.1) is 0 Å². The largest absolute Gasteiger partial charge is 0.353 e. The normalized spacial score (nSPS) is 14.7. The molecule has 1 aliphatic rings. The molecule has 4 rings (SSSR count). The molecule has 1 fully saturated rings. The van der Waals surface area contributed by atoms with Crippen molar-refractivity contribution in [3.8, 4) is 11.4 Å². The Morgan fingerprint density at radius 3 is 2.93 bits per heavy atom. The molecule has 27 heavy (non-hydrogen) atoms. The van der Waals surface area contributed by atoms with Crippen LogP contribution in [-0.2, 0) is 11.2 Å². The highest BCUT2D eigenvalue weighted by atomic mass is 16.5. The maximum absolute atomic E-state index is 12.3. The van der Waals surface area contributed by atoms with Crippen molar-refractivity contribution in [2.24, 2.45) is 0 Å². The summed E-state index contributed by atoms with van der Waals surface area (Å²) in [6.07, 6.45) is 5.12. The Labute approximate surface area is 156 Å². The molecule has 1 amide bonds. The molecule has 2 aromatic heterocycles. The maximum Gasteiger partial charge on any atom is 0.259 e. The third-order valence-electron chi connectivity index (χ3n) is 4.99. The molecule has 7 heteroatoms. The lowest BCUT2D eigenvalue weighted by Crippen LogP contribution is -2.32. The number of aryl methyl sites for hydroxylation is 2. The molecule has 0 saturated heterocycles. The van der Waals surface area contributed by atoms with E-state index in [1.165, 1.54) is 12.8 Å². The molecular weight excluding hydrogens is 344 g/mol. The summed E-state index contributed by atoms with van der Waals surface area (Å²) in [5.74, 6) is 0.599. The van der Waals surface area contributed by atoms with Crippen molar-refractivity contribution >= 4 is 16.8 Å². The number of carbonyl (C=O) groups excluding carboxylic acids is 1. The first kappa shape index (κ1) is 17.5. The fraction of sp³-hybridized carbons (Fsp3) is 0.400. The summed E-state index contributed by atoms with van der Waals surface area (Å²) in [5.41, 5.74) is 1.96. The number of nitrogens with zero attached hydrogens (tertiary/aromatic N) is 2. The molecule has 3 aromatic rings. The monoisotopic (exact) mass is 366 g/mol. The highest BCUT2D eigenvalue weighted by Gasteiger charge is 2.18. The minimum atomic E-state index is -0.266. The van der Waals surface area contributed by atoms with E-state index >= 15 is 0 Å². The van der Waals surface area contributed by atoms with Gasteiger partial charge in [0.25, 0.3) is 5.56 Å². The maximum atomic E-state index is 12.3. The molecule has 0 radical (unpaired) electrons. The van der Waals surface area contributed by atoms with Crippen molar-refractivity contribution in [1.29, 1.82) is 0 Å². The Kier molecular flexibility index (Phi) is 4.75. The van der Waals surface area contributed by atoms with Crippen LogP contribution in [0.15, 0.2) is 33.6 Å². The molecule has 0 aliphatic heterocycles. The average Bonchev–Trinajstić information content (AvgIpc) is 3.31. The van der Waals surface area contributed by atoms with E-state index < -0.39 is 0 Å². The van der Waals surface area contributed by atoms with Crippen molar-refractivity contribution in [1.82, 2.24) is 20.4 Å². The second-order valence-corrected chi connectivity index (χ2v) is 7.16. The van der Waals surface area contributed by atoms with Gasteiger partial charge in [0, 0.05) is 24.4 Å². The fourth-order valence-corrected chi connectivity index (χ4v) is 3.55. The standard InChI is InChI=1S/C20H22N4O3/c1-12-6-7-16-13(10-12)11-15(20(26)22-16)19-23-18(27-24-19)9-8-17(25)21-14-4-2-3-5-14/h6-7,10-11,14H,2-5,8-9H2,1H3,(H,21,25)(H,22,26). The number of nitrogens with one attached hydrogen (secondary N) is 2. The summed E-state index contributed by atoms with van der Waals surface area (Å²) >= 11 is 0. The number of hydrogen-bond donors (Lipinski definition) is 2. The third kappa shape index (κ3) is 3.92. The summed E-state index contributed by atoms with van der Waals surface area (Å²) in [6, 6.07) is 7.88. The molecule has 2 heterocycles. The van der Waals surface area contributed by atoms with E-state index in [-0.39, 0.29) is 17.3 Å². The van der Waals surface area contributed by atoms with Crippen LogP contribution in [0, 0.1) is 6.92 Å². The van der Waals surface area contributed by atoms with Crippen LogP contribution in [0.2, 0.25) is 0 Å². The SMILES string of the molecule is Cc1ccc2[nH]c(=O)c(-c3noc(CCC(=O)NC4CCCC4)n3)cc2c1. The summed E-state index contributed by atoms with van der Waals surface area (Å²) in [7, 11) is 0. The van der Waals surface area contributed by atoms with Crippen LogP contribution in [-0.4, -0.2) is 27.1 Å². The van der Waals surface area contributed by atoms with Crippen LogP contribution < -0.4 is 10.9 Å². The van der Waals surface area contributed by atoms with E-state index in [1.807, 2.05) is 25.1 Å². The van der Waals surface area contributed by atoms with Crippen LogP contribution in [0.25, 0.3) is 22.3 Å².